The molecule has 0 aliphatic carbocycles. The van der Waals surface area contributed by atoms with Gasteiger partial charge in [-0.3, -0.25) is 9.59 Å². The van der Waals surface area contributed by atoms with Gasteiger partial charge in [0.25, 0.3) is 0 Å². The molecule has 1 aliphatic heterocycles. The first-order chi connectivity index (χ1) is 9.15. The second-order valence-electron chi connectivity index (χ2n) is 4.42. The van der Waals surface area contributed by atoms with E-state index in [2.05, 4.69) is 0 Å². The van der Waals surface area contributed by atoms with Gasteiger partial charge in [0, 0.05) is 24.0 Å². The number of carbonyl (C=O) groups is 2. The van der Waals surface area contributed by atoms with Crippen molar-refractivity contribution < 1.29 is 19.1 Å². The van der Waals surface area contributed by atoms with Crippen LogP contribution in [0, 0.1) is 5.92 Å². The van der Waals surface area contributed by atoms with Gasteiger partial charge < -0.3 is 9.47 Å². The monoisotopic (exact) mass is 280 g/mol. The Labute approximate surface area is 116 Å². The first kappa shape index (κ1) is 13.9. The maximum absolute atomic E-state index is 11.7. The molecule has 1 aromatic rings. The van der Waals surface area contributed by atoms with Crippen molar-refractivity contribution in [3.05, 3.63) is 30.3 Å². The Morgan fingerprint density at radius 2 is 2.16 bits per heavy atom. The molecule has 0 saturated carbocycles. The molecule has 19 heavy (non-hydrogen) atoms. The zero-order valence-corrected chi connectivity index (χ0v) is 11.5. The van der Waals surface area contributed by atoms with E-state index >= 15 is 0 Å². The lowest BCUT2D eigenvalue weighted by Crippen LogP contribution is -2.16. The number of hydrogen-bond acceptors (Lipinski definition) is 5. The molecule has 2 atom stereocenters. The number of thioether (sulfide) groups is 1. The Morgan fingerprint density at radius 3 is 2.84 bits per heavy atom. The molecule has 5 heteroatoms. The molecule has 1 fully saturated rings. The average Bonchev–Trinajstić information content (AvgIpc) is 2.76. The zero-order valence-electron chi connectivity index (χ0n) is 10.7. The Bertz CT molecular complexity index is 446. The van der Waals surface area contributed by atoms with E-state index in [4.69, 9.17) is 9.47 Å². The van der Waals surface area contributed by atoms with E-state index in [1.165, 1.54) is 6.92 Å². The summed E-state index contributed by atoms with van der Waals surface area (Å²) in [5.74, 6) is 0.0314. The molecular weight excluding hydrogens is 264 g/mol. The third kappa shape index (κ3) is 4.28. The van der Waals surface area contributed by atoms with Crippen molar-refractivity contribution in [1.29, 1.82) is 0 Å². The van der Waals surface area contributed by atoms with E-state index in [0.717, 1.165) is 4.90 Å². The van der Waals surface area contributed by atoms with Crippen molar-refractivity contribution in [3.8, 4) is 0 Å². The van der Waals surface area contributed by atoms with Gasteiger partial charge in [-0.25, -0.2) is 0 Å². The molecule has 0 radical (unpaired) electrons. The molecule has 0 unspecified atom stereocenters. The molecule has 0 bridgehead atoms. The van der Waals surface area contributed by atoms with E-state index in [1.54, 1.807) is 11.8 Å². The summed E-state index contributed by atoms with van der Waals surface area (Å²) >= 11 is 1.64. The lowest BCUT2D eigenvalue weighted by molar-refractivity contribution is -0.152. The summed E-state index contributed by atoms with van der Waals surface area (Å²) in [6.45, 7) is 1.51. The van der Waals surface area contributed by atoms with Crippen molar-refractivity contribution in [2.45, 2.75) is 24.3 Å². The van der Waals surface area contributed by atoms with Gasteiger partial charge in [-0.15, -0.1) is 11.8 Å². The summed E-state index contributed by atoms with van der Waals surface area (Å²) in [4.78, 5) is 23.5. The molecule has 0 N–H and O–H groups in total. The number of benzene rings is 1. The fourth-order valence-corrected chi connectivity index (χ4v) is 2.90. The number of ether oxygens (including phenoxy) is 2. The predicted molar refractivity (Wildman–Crippen MR) is 71.8 cm³/mol. The molecule has 1 heterocycles. The minimum Gasteiger partial charge on any atom is -0.462 e. The van der Waals surface area contributed by atoms with E-state index in [-0.39, 0.29) is 30.6 Å². The molecule has 0 aromatic heterocycles. The third-order valence-electron chi connectivity index (χ3n) is 2.83. The molecule has 1 saturated heterocycles. The maximum Gasteiger partial charge on any atom is 0.310 e. The predicted octanol–water partition coefficient (Wildman–Crippen LogP) is 2.27. The van der Waals surface area contributed by atoms with Crippen molar-refractivity contribution in [3.63, 3.8) is 0 Å². The van der Waals surface area contributed by atoms with Crippen molar-refractivity contribution >= 4 is 23.7 Å². The highest BCUT2D eigenvalue weighted by atomic mass is 32.2. The van der Waals surface area contributed by atoms with Gasteiger partial charge in [-0.1, -0.05) is 18.2 Å². The molecule has 1 aromatic carbocycles. The molecule has 1 aliphatic rings. The van der Waals surface area contributed by atoms with Crippen LogP contribution in [0.1, 0.15) is 13.3 Å². The van der Waals surface area contributed by atoms with Gasteiger partial charge in [-0.05, 0) is 12.1 Å². The van der Waals surface area contributed by atoms with E-state index in [9.17, 15) is 9.59 Å². The number of esters is 2. The van der Waals surface area contributed by atoms with Crippen LogP contribution in [0.4, 0.5) is 0 Å². The molecule has 4 nitrogen and oxygen atoms in total. The van der Waals surface area contributed by atoms with Crippen LogP contribution in [0.3, 0.4) is 0 Å². The standard InChI is InChI=1S/C14H16O4S/c1-10(15)17-8-12-7-11(14(16)18-12)9-19-13-5-3-2-4-6-13/h2-6,11-12H,7-9H2,1H3/t11-,12+/m1/s1. The number of carbonyl (C=O) groups excluding carboxylic acids is 2. The third-order valence-corrected chi connectivity index (χ3v) is 4.00. The van der Waals surface area contributed by atoms with Crippen LogP contribution in [0.15, 0.2) is 35.2 Å². The van der Waals surface area contributed by atoms with Gasteiger partial charge >= 0.3 is 11.9 Å². The fraction of sp³-hybridized carbons (Fsp3) is 0.429. The van der Waals surface area contributed by atoms with Crippen LogP contribution < -0.4 is 0 Å². The second kappa shape index (κ2) is 6.61. The lowest BCUT2D eigenvalue weighted by atomic mass is 10.1. The maximum atomic E-state index is 11.7. The molecule has 102 valence electrons. The summed E-state index contributed by atoms with van der Waals surface area (Å²) in [7, 11) is 0. The largest absolute Gasteiger partial charge is 0.462 e. The van der Waals surface area contributed by atoms with E-state index in [0.29, 0.717) is 12.2 Å². The molecule has 2 rings (SSSR count). The van der Waals surface area contributed by atoms with Gasteiger partial charge in [-0.2, -0.15) is 0 Å². The SMILES string of the molecule is CC(=O)OC[C@@H]1C[C@H](CSc2ccccc2)C(=O)O1. The van der Waals surface area contributed by atoms with Crippen LogP contribution in [0.2, 0.25) is 0 Å². The molecular formula is C14H16O4S. The Balaban J connectivity index is 1.78. The lowest BCUT2D eigenvalue weighted by Gasteiger charge is -2.08. The summed E-state index contributed by atoms with van der Waals surface area (Å²) in [6.07, 6.45) is 0.323. The van der Waals surface area contributed by atoms with Crippen molar-refractivity contribution in [2.24, 2.45) is 5.92 Å². The van der Waals surface area contributed by atoms with Crippen LogP contribution in [-0.2, 0) is 19.1 Å². The topological polar surface area (TPSA) is 52.6 Å². The minimum atomic E-state index is -0.349. The first-order valence-electron chi connectivity index (χ1n) is 6.17. The van der Waals surface area contributed by atoms with Crippen molar-refractivity contribution in [2.75, 3.05) is 12.4 Å². The normalized spacial score (nSPS) is 22.1. The van der Waals surface area contributed by atoms with Gasteiger partial charge in [0.2, 0.25) is 0 Å². The van der Waals surface area contributed by atoms with E-state index in [1.807, 2.05) is 30.3 Å². The van der Waals surface area contributed by atoms with E-state index < -0.39 is 0 Å². The second-order valence-corrected chi connectivity index (χ2v) is 5.51. The summed E-state index contributed by atoms with van der Waals surface area (Å²) < 4.78 is 10.0. The van der Waals surface area contributed by atoms with Crippen LogP contribution in [0.5, 0.6) is 0 Å². The highest BCUT2D eigenvalue weighted by molar-refractivity contribution is 7.99. The summed E-state index contributed by atoms with van der Waals surface area (Å²) in [5, 5.41) is 0. The van der Waals surface area contributed by atoms with Gasteiger partial charge in [0.05, 0.1) is 5.92 Å². The zero-order chi connectivity index (χ0) is 13.7. The summed E-state index contributed by atoms with van der Waals surface area (Å²) in [5.41, 5.74) is 0. The van der Waals surface area contributed by atoms with Gasteiger partial charge in [0.15, 0.2) is 0 Å². The molecule has 0 spiro atoms. The van der Waals surface area contributed by atoms with Gasteiger partial charge in [0.1, 0.15) is 12.7 Å². The number of rotatable bonds is 5. The quantitative estimate of drug-likeness (QED) is 0.612. The summed E-state index contributed by atoms with van der Waals surface area (Å²) in [6, 6.07) is 9.93. The smallest absolute Gasteiger partial charge is 0.310 e. The van der Waals surface area contributed by atoms with Crippen LogP contribution in [-0.4, -0.2) is 30.4 Å². The highest BCUT2D eigenvalue weighted by Crippen LogP contribution is 2.28. The molecule has 0 amide bonds. The number of cyclic esters (lactones) is 1. The van der Waals surface area contributed by atoms with Crippen LogP contribution in [0.25, 0.3) is 0 Å². The Hall–Kier alpha value is -1.49. The Morgan fingerprint density at radius 1 is 1.42 bits per heavy atom. The highest BCUT2D eigenvalue weighted by Gasteiger charge is 2.34. The van der Waals surface area contributed by atoms with Crippen molar-refractivity contribution in [1.82, 2.24) is 0 Å². The average molecular weight is 280 g/mol. The Kier molecular flexibility index (Phi) is 4.85. The van der Waals surface area contributed by atoms with Crippen LogP contribution >= 0.6 is 11.8 Å². The number of hydrogen-bond donors (Lipinski definition) is 0. The minimum absolute atomic E-state index is 0.120. The first-order valence-corrected chi connectivity index (χ1v) is 7.15. The fourth-order valence-electron chi connectivity index (χ4n) is 1.88.